The van der Waals surface area contributed by atoms with Crippen LogP contribution in [-0.4, -0.2) is 10.8 Å². The normalized spacial score (nSPS) is 11.4. The summed E-state index contributed by atoms with van der Waals surface area (Å²) in [5.41, 5.74) is 0.340. The SMILES string of the molecule is CC(C)(C(=O)c1ccc(F)cc1Cl)c1cccnc1. The summed E-state index contributed by atoms with van der Waals surface area (Å²) in [6.45, 7) is 3.60. The zero-order chi connectivity index (χ0) is 14.0. The lowest BCUT2D eigenvalue weighted by atomic mass is 9.79. The number of hydrogen-bond acceptors (Lipinski definition) is 2. The van der Waals surface area contributed by atoms with Gasteiger partial charge in [-0.3, -0.25) is 9.78 Å². The molecular weight excluding hydrogens is 265 g/mol. The van der Waals surface area contributed by atoms with Crippen molar-refractivity contribution in [1.82, 2.24) is 4.98 Å². The Bertz CT molecular complexity index is 611. The van der Waals surface area contributed by atoms with Gasteiger partial charge in [0.25, 0.3) is 0 Å². The van der Waals surface area contributed by atoms with Gasteiger partial charge in [0.2, 0.25) is 0 Å². The zero-order valence-electron chi connectivity index (χ0n) is 10.7. The predicted molar refractivity (Wildman–Crippen MR) is 73.0 cm³/mol. The Balaban J connectivity index is 2.43. The highest BCUT2D eigenvalue weighted by Crippen LogP contribution is 2.30. The summed E-state index contributed by atoms with van der Waals surface area (Å²) in [6, 6.07) is 7.41. The highest BCUT2D eigenvalue weighted by Gasteiger charge is 2.32. The van der Waals surface area contributed by atoms with Gasteiger partial charge in [-0.2, -0.15) is 0 Å². The van der Waals surface area contributed by atoms with E-state index in [-0.39, 0.29) is 10.8 Å². The molecular formula is C15H13ClFNO. The maximum Gasteiger partial charge on any atom is 0.174 e. The Labute approximate surface area is 116 Å². The molecule has 0 aliphatic heterocycles. The van der Waals surface area contributed by atoms with Crippen LogP contribution in [0.5, 0.6) is 0 Å². The van der Waals surface area contributed by atoms with Gasteiger partial charge in [0.15, 0.2) is 5.78 Å². The van der Waals surface area contributed by atoms with Crippen LogP contribution in [0, 0.1) is 5.82 Å². The molecule has 0 atom stereocenters. The topological polar surface area (TPSA) is 30.0 Å². The van der Waals surface area contributed by atoms with E-state index in [1.165, 1.54) is 12.1 Å². The van der Waals surface area contributed by atoms with Crippen LogP contribution in [-0.2, 0) is 5.41 Å². The van der Waals surface area contributed by atoms with E-state index in [1.54, 1.807) is 32.3 Å². The number of halogens is 2. The highest BCUT2D eigenvalue weighted by atomic mass is 35.5. The van der Waals surface area contributed by atoms with Crippen LogP contribution in [0.15, 0.2) is 42.7 Å². The Morgan fingerprint density at radius 2 is 2.05 bits per heavy atom. The maximum absolute atomic E-state index is 13.0. The molecule has 1 heterocycles. The first-order chi connectivity index (χ1) is 8.93. The molecule has 0 radical (unpaired) electrons. The fourth-order valence-corrected chi connectivity index (χ4v) is 2.13. The number of pyridine rings is 1. The highest BCUT2D eigenvalue weighted by molar-refractivity contribution is 6.34. The minimum absolute atomic E-state index is 0.127. The molecule has 0 aliphatic carbocycles. The molecule has 1 aromatic heterocycles. The van der Waals surface area contributed by atoms with Gasteiger partial charge in [-0.25, -0.2) is 4.39 Å². The van der Waals surface area contributed by atoms with Gasteiger partial charge >= 0.3 is 0 Å². The van der Waals surface area contributed by atoms with E-state index < -0.39 is 11.2 Å². The molecule has 0 saturated heterocycles. The summed E-state index contributed by atoms with van der Waals surface area (Å²) in [5, 5.41) is 0.127. The fourth-order valence-electron chi connectivity index (χ4n) is 1.87. The van der Waals surface area contributed by atoms with E-state index in [0.717, 1.165) is 11.6 Å². The first kappa shape index (κ1) is 13.7. The number of carbonyl (C=O) groups is 1. The van der Waals surface area contributed by atoms with E-state index in [9.17, 15) is 9.18 Å². The Morgan fingerprint density at radius 3 is 2.63 bits per heavy atom. The molecule has 2 nitrogen and oxygen atoms in total. The van der Waals surface area contributed by atoms with E-state index in [2.05, 4.69) is 4.98 Å². The van der Waals surface area contributed by atoms with Crippen molar-refractivity contribution in [3.8, 4) is 0 Å². The Kier molecular flexibility index (Phi) is 3.67. The maximum atomic E-state index is 13.0. The van der Waals surface area contributed by atoms with Crippen LogP contribution in [0.2, 0.25) is 5.02 Å². The molecule has 0 spiro atoms. The van der Waals surface area contributed by atoms with Crippen LogP contribution < -0.4 is 0 Å². The Hall–Kier alpha value is -1.74. The number of rotatable bonds is 3. The minimum atomic E-state index is -0.768. The average Bonchev–Trinajstić information content (AvgIpc) is 2.39. The van der Waals surface area contributed by atoms with Crippen molar-refractivity contribution in [3.05, 3.63) is 64.7 Å². The number of ketones is 1. The minimum Gasteiger partial charge on any atom is -0.293 e. The average molecular weight is 278 g/mol. The van der Waals surface area contributed by atoms with Gasteiger partial charge in [-0.1, -0.05) is 17.7 Å². The van der Waals surface area contributed by atoms with Gasteiger partial charge in [0.1, 0.15) is 5.82 Å². The molecule has 19 heavy (non-hydrogen) atoms. The molecule has 0 bridgehead atoms. The van der Waals surface area contributed by atoms with Crippen LogP contribution in [0.4, 0.5) is 4.39 Å². The predicted octanol–water partition coefficient (Wildman–Crippen LogP) is 4.03. The number of aromatic nitrogens is 1. The lowest BCUT2D eigenvalue weighted by molar-refractivity contribution is 0.0908. The number of Topliss-reactive ketones (excluding diaryl/α,β-unsaturated/α-hetero) is 1. The van der Waals surface area contributed by atoms with Gasteiger partial charge in [0, 0.05) is 18.0 Å². The quantitative estimate of drug-likeness (QED) is 0.793. The summed E-state index contributed by atoms with van der Waals surface area (Å²) in [6.07, 6.45) is 3.30. The first-order valence-corrected chi connectivity index (χ1v) is 6.21. The molecule has 98 valence electrons. The van der Waals surface area contributed by atoms with E-state index >= 15 is 0 Å². The van der Waals surface area contributed by atoms with Crippen LogP contribution >= 0.6 is 11.6 Å². The van der Waals surface area contributed by atoms with Crippen molar-refractivity contribution in [2.45, 2.75) is 19.3 Å². The van der Waals surface area contributed by atoms with Crippen molar-refractivity contribution in [2.75, 3.05) is 0 Å². The number of benzene rings is 1. The summed E-state index contributed by atoms with van der Waals surface area (Å²) in [5.74, 6) is -0.619. The second-order valence-corrected chi connectivity index (χ2v) is 5.23. The Morgan fingerprint density at radius 1 is 1.32 bits per heavy atom. The molecule has 4 heteroatoms. The van der Waals surface area contributed by atoms with Crippen molar-refractivity contribution >= 4 is 17.4 Å². The second-order valence-electron chi connectivity index (χ2n) is 4.82. The molecule has 0 fully saturated rings. The van der Waals surface area contributed by atoms with Gasteiger partial charge in [-0.15, -0.1) is 0 Å². The number of carbonyl (C=O) groups excluding carboxylic acids is 1. The standard InChI is InChI=1S/C15H13ClFNO/c1-15(2,10-4-3-7-18-9-10)14(19)12-6-5-11(17)8-13(12)16/h3-9H,1-2H3. The number of nitrogens with zero attached hydrogens (tertiary/aromatic N) is 1. The summed E-state index contributed by atoms with van der Waals surface area (Å²) in [7, 11) is 0. The molecule has 2 rings (SSSR count). The number of hydrogen-bond donors (Lipinski definition) is 0. The lowest BCUT2D eigenvalue weighted by Gasteiger charge is -2.23. The monoisotopic (exact) mass is 277 g/mol. The first-order valence-electron chi connectivity index (χ1n) is 5.83. The smallest absolute Gasteiger partial charge is 0.174 e. The van der Waals surface area contributed by atoms with Crippen LogP contribution in [0.25, 0.3) is 0 Å². The van der Waals surface area contributed by atoms with Crippen molar-refractivity contribution in [3.63, 3.8) is 0 Å². The van der Waals surface area contributed by atoms with E-state index in [0.29, 0.717) is 5.56 Å². The molecule has 2 aromatic rings. The molecule has 0 aliphatic rings. The third-order valence-electron chi connectivity index (χ3n) is 3.13. The van der Waals surface area contributed by atoms with Crippen molar-refractivity contribution in [2.24, 2.45) is 0 Å². The third kappa shape index (κ3) is 2.66. The molecule has 0 unspecified atom stereocenters. The van der Waals surface area contributed by atoms with Crippen LogP contribution in [0.1, 0.15) is 29.8 Å². The van der Waals surface area contributed by atoms with Gasteiger partial charge in [0.05, 0.1) is 10.4 Å². The van der Waals surface area contributed by atoms with E-state index in [1.807, 2.05) is 6.07 Å². The fraction of sp³-hybridized carbons (Fsp3) is 0.200. The van der Waals surface area contributed by atoms with Gasteiger partial charge < -0.3 is 0 Å². The molecule has 0 N–H and O–H groups in total. The lowest BCUT2D eigenvalue weighted by Crippen LogP contribution is -2.29. The molecule has 0 amide bonds. The summed E-state index contributed by atoms with van der Waals surface area (Å²) < 4.78 is 13.0. The van der Waals surface area contributed by atoms with Crippen LogP contribution in [0.3, 0.4) is 0 Å². The second kappa shape index (κ2) is 5.10. The summed E-state index contributed by atoms with van der Waals surface area (Å²) >= 11 is 5.94. The van der Waals surface area contributed by atoms with E-state index in [4.69, 9.17) is 11.6 Å². The molecule has 0 saturated carbocycles. The molecule has 1 aromatic carbocycles. The van der Waals surface area contributed by atoms with Crippen molar-refractivity contribution in [1.29, 1.82) is 0 Å². The zero-order valence-corrected chi connectivity index (χ0v) is 11.4. The van der Waals surface area contributed by atoms with Crippen molar-refractivity contribution < 1.29 is 9.18 Å². The van der Waals surface area contributed by atoms with Gasteiger partial charge in [-0.05, 0) is 43.7 Å². The largest absolute Gasteiger partial charge is 0.293 e. The summed E-state index contributed by atoms with van der Waals surface area (Å²) in [4.78, 5) is 16.6. The third-order valence-corrected chi connectivity index (χ3v) is 3.44.